The Morgan fingerprint density at radius 2 is 2.26 bits per heavy atom. The summed E-state index contributed by atoms with van der Waals surface area (Å²) in [5, 5.41) is 12.3. The first kappa shape index (κ1) is 14.1. The minimum absolute atomic E-state index is 0.280. The summed E-state index contributed by atoms with van der Waals surface area (Å²) in [6.45, 7) is 3.37. The van der Waals surface area contributed by atoms with Gasteiger partial charge in [-0.2, -0.15) is 0 Å². The third-order valence-electron chi connectivity index (χ3n) is 3.64. The minimum Gasteiger partial charge on any atom is -0.465 e. The summed E-state index contributed by atoms with van der Waals surface area (Å²) in [7, 11) is 0. The largest absolute Gasteiger partial charge is 0.465 e. The first-order valence-electron chi connectivity index (χ1n) is 6.43. The maximum atomic E-state index is 10.9. The number of halogens is 1. The summed E-state index contributed by atoms with van der Waals surface area (Å²) in [6, 6.07) is 4.11. The van der Waals surface area contributed by atoms with Crippen molar-refractivity contribution in [3.8, 4) is 0 Å². The molecular formula is C13H18BrN3O2. The zero-order chi connectivity index (χ0) is 13.8. The molecule has 5 nitrogen and oxygen atoms in total. The molecule has 0 bridgehead atoms. The van der Waals surface area contributed by atoms with Gasteiger partial charge in [0.25, 0.3) is 0 Å². The van der Waals surface area contributed by atoms with E-state index in [1.165, 1.54) is 4.90 Å². The van der Waals surface area contributed by atoms with Gasteiger partial charge in [-0.25, -0.2) is 9.78 Å². The summed E-state index contributed by atoms with van der Waals surface area (Å²) in [5.41, 5.74) is 0. The number of rotatable bonds is 3. The summed E-state index contributed by atoms with van der Waals surface area (Å²) >= 11 is 3.47. The fourth-order valence-electron chi connectivity index (χ4n) is 2.42. The van der Waals surface area contributed by atoms with E-state index in [4.69, 9.17) is 5.11 Å². The van der Waals surface area contributed by atoms with Gasteiger partial charge < -0.3 is 15.3 Å². The Kier molecular flexibility index (Phi) is 4.63. The number of hydrogen-bond acceptors (Lipinski definition) is 3. The van der Waals surface area contributed by atoms with Crippen molar-refractivity contribution in [2.24, 2.45) is 5.92 Å². The average molecular weight is 328 g/mol. The fraction of sp³-hybridized carbons (Fsp3) is 0.538. The number of likely N-dealkylation sites (tertiary alicyclic amines) is 1. The molecule has 0 aliphatic carbocycles. The second kappa shape index (κ2) is 6.23. The van der Waals surface area contributed by atoms with Gasteiger partial charge in [0.05, 0.1) is 4.47 Å². The number of carboxylic acid groups (broad SMARTS) is 1. The molecule has 2 heterocycles. The summed E-state index contributed by atoms with van der Waals surface area (Å²) < 4.78 is 0.949. The van der Waals surface area contributed by atoms with Crippen LogP contribution < -0.4 is 5.32 Å². The highest BCUT2D eigenvalue weighted by Crippen LogP contribution is 2.25. The predicted octanol–water partition coefficient (Wildman–Crippen LogP) is 3.03. The highest BCUT2D eigenvalue weighted by Gasteiger charge is 2.26. The van der Waals surface area contributed by atoms with Crippen molar-refractivity contribution in [2.45, 2.75) is 25.8 Å². The van der Waals surface area contributed by atoms with Gasteiger partial charge in [-0.3, -0.25) is 0 Å². The lowest BCUT2D eigenvalue weighted by atomic mass is 9.90. The fourth-order valence-corrected chi connectivity index (χ4v) is 2.79. The second-order valence-corrected chi connectivity index (χ2v) is 5.73. The highest BCUT2D eigenvalue weighted by molar-refractivity contribution is 9.10. The molecule has 0 aromatic carbocycles. The highest BCUT2D eigenvalue weighted by atomic mass is 79.9. The summed E-state index contributed by atoms with van der Waals surface area (Å²) in [6.07, 6.45) is 2.73. The zero-order valence-electron chi connectivity index (χ0n) is 10.8. The molecule has 1 saturated heterocycles. The maximum Gasteiger partial charge on any atom is 0.407 e. The quantitative estimate of drug-likeness (QED) is 0.895. The van der Waals surface area contributed by atoms with E-state index in [-0.39, 0.29) is 6.04 Å². The van der Waals surface area contributed by atoms with Crippen molar-refractivity contribution in [2.75, 3.05) is 18.4 Å². The Morgan fingerprint density at radius 1 is 1.58 bits per heavy atom. The van der Waals surface area contributed by atoms with E-state index in [1.54, 1.807) is 6.20 Å². The normalized spacial score (nSPS) is 18.1. The van der Waals surface area contributed by atoms with Crippen LogP contribution in [0.25, 0.3) is 0 Å². The van der Waals surface area contributed by atoms with Crippen molar-refractivity contribution in [3.63, 3.8) is 0 Å². The first-order valence-corrected chi connectivity index (χ1v) is 7.22. The van der Waals surface area contributed by atoms with Gasteiger partial charge in [0, 0.05) is 25.3 Å². The Morgan fingerprint density at radius 3 is 2.84 bits per heavy atom. The van der Waals surface area contributed by atoms with Gasteiger partial charge in [0.2, 0.25) is 0 Å². The predicted molar refractivity (Wildman–Crippen MR) is 77.3 cm³/mol. The minimum atomic E-state index is -0.813. The molecule has 1 fully saturated rings. The van der Waals surface area contributed by atoms with Gasteiger partial charge in [-0.1, -0.05) is 0 Å². The van der Waals surface area contributed by atoms with E-state index in [0.29, 0.717) is 19.0 Å². The molecule has 1 aliphatic heterocycles. The molecule has 0 spiro atoms. The molecular weight excluding hydrogens is 310 g/mol. The van der Waals surface area contributed by atoms with Crippen molar-refractivity contribution < 1.29 is 9.90 Å². The van der Waals surface area contributed by atoms with Crippen LogP contribution in [0, 0.1) is 5.92 Å². The molecule has 1 amide bonds. The van der Waals surface area contributed by atoms with Crippen LogP contribution in [0.5, 0.6) is 0 Å². The third-order valence-corrected chi connectivity index (χ3v) is 4.28. The van der Waals surface area contributed by atoms with Crippen LogP contribution >= 0.6 is 15.9 Å². The molecule has 6 heteroatoms. The van der Waals surface area contributed by atoms with Crippen LogP contribution in [-0.4, -0.2) is 40.2 Å². The van der Waals surface area contributed by atoms with Crippen molar-refractivity contribution >= 4 is 27.8 Å². The molecule has 1 unspecified atom stereocenters. The van der Waals surface area contributed by atoms with Crippen LogP contribution in [-0.2, 0) is 0 Å². The lowest BCUT2D eigenvalue weighted by Crippen LogP contribution is -2.41. The molecule has 0 saturated carbocycles. The Hall–Kier alpha value is -1.30. The van der Waals surface area contributed by atoms with Crippen LogP contribution in [0.1, 0.15) is 19.8 Å². The number of nitrogens with one attached hydrogen (secondary N) is 1. The van der Waals surface area contributed by atoms with E-state index in [1.807, 2.05) is 12.1 Å². The first-order chi connectivity index (χ1) is 9.08. The number of amides is 1. The van der Waals surface area contributed by atoms with Crippen molar-refractivity contribution in [3.05, 3.63) is 22.8 Å². The molecule has 2 N–H and O–H groups in total. The smallest absolute Gasteiger partial charge is 0.407 e. The summed E-state index contributed by atoms with van der Waals surface area (Å²) in [4.78, 5) is 16.6. The van der Waals surface area contributed by atoms with Gasteiger partial charge >= 0.3 is 6.09 Å². The number of aromatic nitrogens is 1. The molecule has 19 heavy (non-hydrogen) atoms. The third kappa shape index (κ3) is 3.59. The van der Waals surface area contributed by atoms with Gasteiger partial charge in [0.1, 0.15) is 5.82 Å². The average Bonchev–Trinajstić information content (AvgIpc) is 2.41. The standard InChI is InChI=1S/C13H18BrN3O2/c1-9(16-12-11(14)3-2-6-15-12)10-4-7-17(8-5-10)13(18)19/h2-3,6,9-10H,4-5,7-8H2,1H3,(H,15,16)(H,18,19). The van der Waals surface area contributed by atoms with Crippen LogP contribution in [0.4, 0.5) is 10.6 Å². The number of anilines is 1. The molecule has 0 radical (unpaired) electrons. The Labute approximate surface area is 121 Å². The molecule has 2 rings (SSSR count). The topological polar surface area (TPSA) is 65.5 Å². The molecule has 1 aromatic heterocycles. The van der Waals surface area contributed by atoms with Crippen LogP contribution in [0.15, 0.2) is 22.8 Å². The second-order valence-electron chi connectivity index (χ2n) is 4.87. The lowest BCUT2D eigenvalue weighted by molar-refractivity contribution is 0.122. The molecule has 104 valence electrons. The monoisotopic (exact) mass is 327 g/mol. The summed E-state index contributed by atoms with van der Waals surface area (Å²) in [5.74, 6) is 1.32. The number of piperidine rings is 1. The SMILES string of the molecule is CC(Nc1ncccc1Br)C1CCN(C(=O)O)CC1. The van der Waals surface area contributed by atoms with Crippen LogP contribution in [0.2, 0.25) is 0 Å². The lowest BCUT2D eigenvalue weighted by Gasteiger charge is -2.33. The van der Waals surface area contributed by atoms with Gasteiger partial charge in [0.15, 0.2) is 0 Å². The van der Waals surface area contributed by atoms with Crippen molar-refractivity contribution in [1.82, 2.24) is 9.88 Å². The van der Waals surface area contributed by atoms with Gasteiger partial charge in [-0.15, -0.1) is 0 Å². The molecule has 1 aromatic rings. The van der Waals surface area contributed by atoms with Gasteiger partial charge in [-0.05, 0) is 53.7 Å². The number of hydrogen-bond donors (Lipinski definition) is 2. The maximum absolute atomic E-state index is 10.9. The number of pyridine rings is 1. The van der Waals surface area contributed by atoms with Crippen LogP contribution in [0.3, 0.4) is 0 Å². The van der Waals surface area contributed by atoms with Crippen molar-refractivity contribution in [1.29, 1.82) is 0 Å². The Bertz CT molecular complexity index is 447. The van der Waals surface area contributed by atoms with E-state index in [2.05, 4.69) is 33.2 Å². The zero-order valence-corrected chi connectivity index (χ0v) is 12.4. The van der Waals surface area contributed by atoms with E-state index in [0.717, 1.165) is 23.1 Å². The molecule has 1 atom stereocenters. The number of nitrogens with zero attached hydrogens (tertiary/aromatic N) is 2. The van der Waals surface area contributed by atoms with E-state index >= 15 is 0 Å². The van der Waals surface area contributed by atoms with E-state index in [9.17, 15) is 4.79 Å². The van der Waals surface area contributed by atoms with E-state index < -0.39 is 6.09 Å². The Balaban J connectivity index is 1.90. The number of carbonyl (C=O) groups is 1. The molecule has 1 aliphatic rings.